The van der Waals surface area contributed by atoms with Gasteiger partial charge in [-0.05, 0) is 19.9 Å². The Morgan fingerprint density at radius 3 is 2.55 bits per heavy atom. The predicted molar refractivity (Wildman–Crippen MR) is 69.7 cm³/mol. The van der Waals surface area contributed by atoms with Crippen molar-refractivity contribution in [2.45, 2.75) is 19.4 Å². The molecule has 0 saturated carbocycles. The molecule has 1 heterocycles. The van der Waals surface area contributed by atoms with Crippen molar-refractivity contribution in [3.05, 3.63) is 27.8 Å². The molecule has 0 spiro atoms. The number of nitrogens with zero attached hydrogens (tertiary/aromatic N) is 2. The number of likely N-dealkylation sites (N-methyl/N-ethyl adjacent to an activating group) is 1. The summed E-state index contributed by atoms with van der Waals surface area (Å²) in [6, 6.07) is 2.31. The fraction of sp³-hybridized carbons (Fsp3) is 0.333. The molecular weight excluding hydrogens is 266 g/mol. The second kappa shape index (κ2) is 4.19. The maximum atomic E-state index is 12.1. The first-order chi connectivity index (χ1) is 9.15. The Labute approximate surface area is 114 Å². The number of amides is 2. The molecule has 0 fully saturated rings. The lowest BCUT2D eigenvalue weighted by Gasteiger charge is -2.36. The van der Waals surface area contributed by atoms with Crippen molar-refractivity contribution in [1.29, 1.82) is 0 Å². The monoisotopic (exact) mass is 279 g/mol. The molecule has 8 nitrogen and oxygen atoms in total. The fourth-order valence-electron chi connectivity index (χ4n) is 2.08. The number of nitrogens with two attached hydrogens (primary N) is 1. The summed E-state index contributed by atoms with van der Waals surface area (Å²) in [7, 11) is 1.50. The van der Waals surface area contributed by atoms with Gasteiger partial charge in [-0.25, -0.2) is 0 Å². The highest BCUT2D eigenvalue weighted by Gasteiger charge is 2.40. The van der Waals surface area contributed by atoms with E-state index in [1.54, 1.807) is 13.8 Å². The van der Waals surface area contributed by atoms with Crippen LogP contribution in [0.15, 0.2) is 12.1 Å². The van der Waals surface area contributed by atoms with Gasteiger partial charge in [-0.1, -0.05) is 0 Å². The van der Waals surface area contributed by atoms with Crippen molar-refractivity contribution in [3.63, 3.8) is 0 Å². The van der Waals surface area contributed by atoms with Crippen LogP contribution in [0, 0.1) is 10.1 Å². The molecule has 1 aliphatic heterocycles. The topological polar surface area (TPSA) is 116 Å². The molecule has 2 amide bonds. The maximum absolute atomic E-state index is 12.1. The van der Waals surface area contributed by atoms with Crippen LogP contribution in [0.4, 0.5) is 11.4 Å². The third kappa shape index (κ3) is 1.94. The number of hydrogen-bond donors (Lipinski definition) is 1. The van der Waals surface area contributed by atoms with Crippen molar-refractivity contribution in [3.8, 4) is 5.75 Å². The van der Waals surface area contributed by atoms with Crippen LogP contribution >= 0.6 is 0 Å². The average Bonchev–Trinajstić information content (AvgIpc) is 2.34. The predicted octanol–water partition coefficient (Wildman–Crippen LogP) is 0.828. The lowest BCUT2D eigenvalue weighted by molar-refractivity contribution is -0.385. The van der Waals surface area contributed by atoms with Crippen LogP contribution in [0.2, 0.25) is 0 Å². The highest BCUT2D eigenvalue weighted by atomic mass is 16.6. The number of anilines is 1. The molecule has 2 rings (SSSR count). The second-order valence-electron chi connectivity index (χ2n) is 4.93. The van der Waals surface area contributed by atoms with E-state index in [4.69, 9.17) is 10.5 Å². The minimum Gasteiger partial charge on any atom is -0.476 e. The van der Waals surface area contributed by atoms with Gasteiger partial charge < -0.3 is 15.4 Å². The minimum absolute atomic E-state index is 0.161. The van der Waals surface area contributed by atoms with E-state index in [2.05, 4.69) is 0 Å². The van der Waals surface area contributed by atoms with Gasteiger partial charge in [-0.2, -0.15) is 0 Å². The summed E-state index contributed by atoms with van der Waals surface area (Å²) in [5.74, 6) is -1.10. The van der Waals surface area contributed by atoms with Gasteiger partial charge in [0.2, 0.25) is 0 Å². The van der Waals surface area contributed by atoms with Crippen molar-refractivity contribution in [2.75, 3.05) is 11.9 Å². The number of carbonyl (C=O) groups excluding carboxylic acids is 2. The Morgan fingerprint density at radius 2 is 2.05 bits per heavy atom. The Morgan fingerprint density at radius 1 is 1.45 bits per heavy atom. The number of carbonyl (C=O) groups is 2. The van der Waals surface area contributed by atoms with Gasteiger partial charge in [0.15, 0.2) is 11.4 Å². The molecule has 0 bridgehead atoms. The van der Waals surface area contributed by atoms with Crippen molar-refractivity contribution < 1.29 is 19.2 Å². The number of fused-ring (bicyclic) bond motifs is 1. The van der Waals surface area contributed by atoms with Crippen molar-refractivity contribution in [1.82, 2.24) is 0 Å². The molecule has 0 radical (unpaired) electrons. The van der Waals surface area contributed by atoms with Gasteiger partial charge in [-0.3, -0.25) is 19.7 Å². The summed E-state index contributed by atoms with van der Waals surface area (Å²) in [5, 5.41) is 11.0. The fourth-order valence-corrected chi connectivity index (χ4v) is 2.08. The molecule has 2 N–H and O–H groups in total. The SMILES string of the molecule is CN1C(=O)C(C)(C)Oc2cc([N+](=O)[O-])c(C(N)=O)cc21. The first-order valence-electron chi connectivity index (χ1n) is 5.74. The van der Waals surface area contributed by atoms with Gasteiger partial charge in [0.25, 0.3) is 17.5 Å². The van der Waals surface area contributed by atoms with E-state index < -0.39 is 22.1 Å². The first kappa shape index (κ1) is 13.8. The van der Waals surface area contributed by atoms with Crippen LogP contribution in [0.25, 0.3) is 0 Å². The quantitative estimate of drug-likeness (QED) is 0.635. The minimum atomic E-state index is -1.14. The number of benzene rings is 1. The van der Waals surface area contributed by atoms with Crippen LogP contribution in [0.1, 0.15) is 24.2 Å². The Kier molecular flexibility index (Phi) is 2.89. The van der Waals surface area contributed by atoms with Crippen LogP contribution in [0.5, 0.6) is 5.75 Å². The number of hydrogen-bond acceptors (Lipinski definition) is 5. The summed E-state index contributed by atoms with van der Waals surface area (Å²) in [5.41, 5.74) is 3.55. The van der Waals surface area contributed by atoms with E-state index >= 15 is 0 Å². The van der Waals surface area contributed by atoms with Gasteiger partial charge in [0, 0.05) is 7.05 Å². The summed E-state index contributed by atoms with van der Waals surface area (Å²) in [6.07, 6.45) is 0. The van der Waals surface area contributed by atoms with Crippen LogP contribution in [0.3, 0.4) is 0 Å². The largest absolute Gasteiger partial charge is 0.476 e. The summed E-state index contributed by atoms with van der Waals surface area (Å²) < 4.78 is 5.48. The molecule has 0 unspecified atom stereocenters. The molecule has 0 aromatic heterocycles. The summed E-state index contributed by atoms with van der Waals surface area (Å²) in [4.78, 5) is 34.9. The molecule has 0 aliphatic carbocycles. The van der Waals surface area contributed by atoms with Crippen molar-refractivity contribution >= 4 is 23.2 Å². The van der Waals surface area contributed by atoms with E-state index in [0.717, 1.165) is 6.07 Å². The van der Waals surface area contributed by atoms with E-state index in [1.165, 1.54) is 18.0 Å². The molecule has 0 atom stereocenters. The van der Waals surface area contributed by atoms with E-state index in [-0.39, 0.29) is 22.9 Å². The molecule has 0 saturated heterocycles. The Balaban J connectivity index is 2.70. The molecule has 1 aliphatic rings. The molecule has 1 aromatic carbocycles. The van der Waals surface area contributed by atoms with Gasteiger partial charge in [-0.15, -0.1) is 0 Å². The molecule has 106 valence electrons. The van der Waals surface area contributed by atoms with Gasteiger partial charge >= 0.3 is 0 Å². The second-order valence-corrected chi connectivity index (χ2v) is 4.93. The number of primary amides is 1. The Bertz CT molecular complexity index is 638. The lowest BCUT2D eigenvalue weighted by atomic mass is 10.0. The third-order valence-corrected chi connectivity index (χ3v) is 3.09. The number of nitro groups is 1. The van der Waals surface area contributed by atoms with Gasteiger partial charge in [0.1, 0.15) is 5.56 Å². The standard InChI is InChI=1S/C12H13N3O5/c1-12(2)11(17)14(3)8-4-6(10(13)16)7(15(18)19)5-9(8)20-12/h4-5H,1-3H3,(H2,13,16). The highest BCUT2D eigenvalue weighted by Crippen LogP contribution is 2.40. The molecule has 20 heavy (non-hydrogen) atoms. The van der Waals surface area contributed by atoms with Crippen LogP contribution in [-0.2, 0) is 4.79 Å². The normalized spacial score (nSPS) is 16.4. The number of rotatable bonds is 2. The van der Waals surface area contributed by atoms with Crippen LogP contribution in [-0.4, -0.2) is 29.4 Å². The van der Waals surface area contributed by atoms with E-state index in [0.29, 0.717) is 0 Å². The highest BCUT2D eigenvalue weighted by molar-refractivity contribution is 6.05. The lowest BCUT2D eigenvalue weighted by Crippen LogP contribution is -2.51. The average molecular weight is 279 g/mol. The maximum Gasteiger partial charge on any atom is 0.286 e. The number of ether oxygens (including phenoxy) is 1. The molecule has 8 heteroatoms. The van der Waals surface area contributed by atoms with E-state index in [9.17, 15) is 19.7 Å². The smallest absolute Gasteiger partial charge is 0.286 e. The number of nitro benzene ring substituents is 1. The zero-order chi connectivity index (χ0) is 15.2. The molecule has 1 aromatic rings. The Hall–Kier alpha value is -2.64. The zero-order valence-electron chi connectivity index (χ0n) is 11.2. The van der Waals surface area contributed by atoms with E-state index in [1.807, 2.05) is 0 Å². The summed E-state index contributed by atoms with van der Waals surface area (Å²) >= 11 is 0. The molecular formula is C12H13N3O5. The first-order valence-corrected chi connectivity index (χ1v) is 5.74. The van der Waals surface area contributed by atoms with Crippen LogP contribution < -0.4 is 15.4 Å². The zero-order valence-corrected chi connectivity index (χ0v) is 11.2. The summed E-state index contributed by atoms with van der Waals surface area (Å²) in [6.45, 7) is 3.12. The van der Waals surface area contributed by atoms with Crippen molar-refractivity contribution in [2.24, 2.45) is 5.73 Å². The van der Waals surface area contributed by atoms with Gasteiger partial charge in [0.05, 0.1) is 16.7 Å². The third-order valence-electron chi connectivity index (χ3n) is 3.09.